The first-order valence-corrected chi connectivity index (χ1v) is 6.83. The fourth-order valence-corrected chi connectivity index (χ4v) is 3.02. The van der Waals surface area contributed by atoms with Crippen molar-refractivity contribution in [1.82, 2.24) is 14.9 Å². The van der Waals surface area contributed by atoms with Gasteiger partial charge in [0, 0.05) is 24.7 Å². The van der Waals surface area contributed by atoms with Crippen LogP contribution >= 0.6 is 11.6 Å². The highest BCUT2D eigenvalue weighted by molar-refractivity contribution is 6.30. The first-order valence-electron chi connectivity index (χ1n) is 6.45. The Morgan fingerprint density at radius 1 is 1.39 bits per heavy atom. The summed E-state index contributed by atoms with van der Waals surface area (Å²) in [5.74, 6) is 1.65. The fraction of sp³-hybridized carbons (Fsp3) is 0.692. The van der Waals surface area contributed by atoms with E-state index in [0.717, 1.165) is 30.9 Å². The number of nitrogens with zero attached hydrogens (tertiary/aromatic N) is 4. The van der Waals surface area contributed by atoms with Gasteiger partial charge in [0.05, 0.1) is 0 Å². The molecule has 5 heteroatoms. The molecular formula is C13H21ClN4. The Hall–Kier alpha value is -0.870. The molecule has 4 nitrogen and oxygen atoms in total. The molecule has 0 aromatic carbocycles. The Morgan fingerprint density at radius 3 is 2.67 bits per heavy atom. The third kappa shape index (κ3) is 2.45. The van der Waals surface area contributed by atoms with Crippen LogP contribution in [0.15, 0.2) is 6.33 Å². The maximum Gasteiger partial charge on any atom is 0.137 e. The maximum absolute atomic E-state index is 6.16. The fourth-order valence-electron chi connectivity index (χ4n) is 2.75. The van der Waals surface area contributed by atoms with Crippen molar-refractivity contribution in [1.29, 1.82) is 0 Å². The highest BCUT2D eigenvalue weighted by Gasteiger charge is 2.32. The lowest BCUT2D eigenvalue weighted by Gasteiger charge is -2.23. The van der Waals surface area contributed by atoms with Crippen molar-refractivity contribution in [3.8, 4) is 0 Å². The minimum atomic E-state index is 0.573. The number of anilines is 1. The first kappa shape index (κ1) is 13.6. The average Bonchev–Trinajstić information content (AvgIpc) is 2.71. The molecule has 0 saturated carbocycles. The minimum Gasteiger partial charge on any atom is -0.354 e. The lowest BCUT2D eigenvalue weighted by atomic mass is 10.1. The van der Waals surface area contributed by atoms with Crippen LogP contribution in [-0.2, 0) is 6.42 Å². The van der Waals surface area contributed by atoms with Crippen molar-refractivity contribution in [2.24, 2.45) is 5.92 Å². The molecule has 0 aliphatic carbocycles. The molecule has 2 atom stereocenters. The second kappa shape index (κ2) is 5.41. The zero-order valence-corrected chi connectivity index (χ0v) is 12.3. The van der Waals surface area contributed by atoms with Crippen molar-refractivity contribution in [3.05, 3.63) is 17.0 Å². The molecule has 0 spiro atoms. The van der Waals surface area contributed by atoms with Gasteiger partial charge in [0.25, 0.3) is 0 Å². The molecule has 2 heterocycles. The summed E-state index contributed by atoms with van der Waals surface area (Å²) in [4.78, 5) is 13.1. The molecule has 0 amide bonds. The van der Waals surface area contributed by atoms with E-state index in [1.807, 2.05) is 0 Å². The molecule has 1 aliphatic rings. The third-order valence-corrected chi connectivity index (χ3v) is 4.08. The SMILES string of the molecule is CCc1c(Cl)ncnc1N1CC(C)C(N(C)C)C1. The topological polar surface area (TPSA) is 32.3 Å². The van der Waals surface area contributed by atoms with Gasteiger partial charge in [-0.25, -0.2) is 9.97 Å². The van der Waals surface area contributed by atoms with Gasteiger partial charge in [-0.15, -0.1) is 0 Å². The van der Waals surface area contributed by atoms with E-state index in [1.165, 1.54) is 0 Å². The van der Waals surface area contributed by atoms with E-state index >= 15 is 0 Å². The minimum absolute atomic E-state index is 0.573. The normalized spacial score (nSPS) is 24.0. The molecule has 0 radical (unpaired) electrons. The lowest BCUT2D eigenvalue weighted by molar-refractivity contribution is 0.266. The van der Waals surface area contributed by atoms with E-state index in [2.05, 4.69) is 47.7 Å². The summed E-state index contributed by atoms with van der Waals surface area (Å²) in [6.07, 6.45) is 2.43. The molecule has 18 heavy (non-hydrogen) atoms. The molecule has 1 fully saturated rings. The summed E-state index contributed by atoms with van der Waals surface area (Å²) in [6, 6.07) is 0.573. The van der Waals surface area contributed by atoms with Crippen molar-refractivity contribution < 1.29 is 0 Å². The Labute approximate surface area is 114 Å². The smallest absolute Gasteiger partial charge is 0.137 e. The maximum atomic E-state index is 6.16. The van der Waals surface area contributed by atoms with Gasteiger partial charge in [0.1, 0.15) is 17.3 Å². The highest BCUT2D eigenvalue weighted by Crippen LogP contribution is 2.29. The summed E-state index contributed by atoms with van der Waals surface area (Å²) >= 11 is 6.16. The largest absolute Gasteiger partial charge is 0.354 e. The zero-order valence-electron chi connectivity index (χ0n) is 11.5. The first-order chi connectivity index (χ1) is 8.54. The molecule has 0 N–H and O–H groups in total. The van der Waals surface area contributed by atoms with Crippen LogP contribution in [0.2, 0.25) is 5.15 Å². The number of rotatable bonds is 3. The van der Waals surface area contributed by atoms with E-state index in [1.54, 1.807) is 6.33 Å². The summed E-state index contributed by atoms with van der Waals surface area (Å²) < 4.78 is 0. The summed E-state index contributed by atoms with van der Waals surface area (Å²) in [5, 5.41) is 0.587. The number of halogens is 1. The van der Waals surface area contributed by atoms with Crippen LogP contribution in [0, 0.1) is 5.92 Å². The highest BCUT2D eigenvalue weighted by atomic mass is 35.5. The van der Waals surface area contributed by atoms with Gasteiger partial charge in [-0.05, 0) is 26.4 Å². The number of likely N-dealkylation sites (N-methyl/N-ethyl adjacent to an activating group) is 1. The van der Waals surface area contributed by atoms with E-state index in [9.17, 15) is 0 Å². The van der Waals surface area contributed by atoms with Gasteiger partial charge < -0.3 is 9.80 Å². The molecule has 2 unspecified atom stereocenters. The van der Waals surface area contributed by atoms with Gasteiger partial charge in [0.15, 0.2) is 0 Å². The van der Waals surface area contributed by atoms with Gasteiger partial charge in [-0.3, -0.25) is 0 Å². The molecule has 100 valence electrons. The summed E-state index contributed by atoms with van der Waals surface area (Å²) in [6.45, 7) is 6.42. The predicted molar refractivity (Wildman–Crippen MR) is 75.3 cm³/mol. The molecular weight excluding hydrogens is 248 g/mol. The summed E-state index contributed by atoms with van der Waals surface area (Å²) in [7, 11) is 4.27. The molecule has 1 aromatic rings. The Bertz CT molecular complexity index is 421. The Morgan fingerprint density at radius 2 is 2.11 bits per heavy atom. The van der Waals surface area contributed by atoms with Crippen LogP contribution in [0.25, 0.3) is 0 Å². The van der Waals surface area contributed by atoms with Crippen LogP contribution in [0.1, 0.15) is 19.4 Å². The van der Waals surface area contributed by atoms with Crippen LogP contribution in [0.5, 0.6) is 0 Å². The van der Waals surface area contributed by atoms with E-state index in [-0.39, 0.29) is 0 Å². The average molecular weight is 269 g/mol. The standard InChI is InChI=1S/C13H21ClN4/c1-5-10-12(14)15-8-16-13(10)18-6-9(2)11(7-18)17(3)4/h8-9,11H,5-7H2,1-4H3. The van der Waals surface area contributed by atoms with Gasteiger partial charge in [0.2, 0.25) is 0 Å². The predicted octanol–water partition coefficient (Wildman–Crippen LogP) is 2.08. The molecule has 1 saturated heterocycles. The quantitative estimate of drug-likeness (QED) is 0.786. The lowest BCUT2D eigenvalue weighted by Crippen LogP contribution is -2.34. The molecule has 1 aliphatic heterocycles. The second-order valence-corrected chi connectivity index (χ2v) is 5.59. The Balaban J connectivity index is 2.26. The van der Waals surface area contributed by atoms with Crippen LogP contribution in [0.3, 0.4) is 0 Å². The monoisotopic (exact) mass is 268 g/mol. The van der Waals surface area contributed by atoms with Gasteiger partial charge >= 0.3 is 0 Å². The van der Waals surface area contributed by atoms with E-state index in [0.29, 0.717) is 17.1 Å². The van der Waals surface area contributed by atoms with Crippen LogP contribution < -0.4 is 4.90 Å². The third-order valence-electron chi connectivity index (χ3n) is 3.76. The van der Waals surface area contributed by atoms with E-state index < -0.39 is 0 Å². The van der Waals surface area contributed by atoms with Crippen molar-refractivity contribution in [2.45, 2.75) is 26.3 Å². The van der Waals surface area contributed by atoms with Crippen molar-refractivity contribution >= 4 is 17.4 Å². The molecule has 2 rings (SSSR count). The Kier molecular flexibility index (Phi) is 4.07. The van der Waals surface area contributed by atoms with Gasteiger partial charge in [-0.1, -0.05) is 25.4 Å². The molecule has 0 bridgehead atoms. The zero-order chi connectivity index (χ0) is 13.3. The van der Waals surface area contributed by atoms with Crippen LogP contribution in [-0.4, -0.2) is 48.1 Å². The number of hydrogen-bond donors (Lipinski definition) is 0. The van der Waals surface area contributed by atoms with Gasteiger partial charge in [-0.2, -0.15) is 0 Å². The van der Waals surface area contributed by atoms with Crippen LogP contribution in [0.4, 0.5) is 5.82 Å². The van der Waals surface area contributed by atoms with E-state index in [4.69, 9.17) is 11.6 Å². The summed E-state index contributed by atoms with van der Waals surface area (Å²) in [5.41, 5.74) is 1.06. The van der Waals surface area contributed by atoms with Crippen molar-refractivity contribution in [3.63, 3.8) is 0 Å². The number of aromatic nitrogens is 2. The second-order valence-electron chi connectivity index (χ2n) is 5.23. The number of hydrogen-bond acceptors (Lipinski definition) is 4. The molecule has 1 aromatic heterocycles. The van der Waals surface area contributed by atoms with Crippen molar-refractivity contribution in [2.75, 3.05) is 32.1 Å².